The third-order valence-corrected chi connectivity index (χ3v) is 4.20. The molecule has 0 unspecified atom stereocenters. The molecule has 132 valence electrons. The van der Waals surface area contributed by atoms with Gasteiger partial charge in [0.25, 0.3) is 0 Å². The second-order valence-electron chi connectivity index (χ2n) is 5.97. The summed E-state index contributed by atoms with van der Waals surface area (Å²) in [6, 6.07) is 12.6. The first-order valence-electron chi connectivity index (χ1n) is 7.96. The number of benzene rings is 2. The molecule has 3 N–H and O–H groups in total. The Balaban J connectivity index is 2.42. The summed E-state index contributed by atoms with van der Waals surface area (Å²) >= 11 is 3.40. The zero-order valence-electron chi connectivity index (χ0n) is 14.4. The molecule has 0 saturated heterocycles. The van der Waals surface area contributed by atoms with Gasteiger partial charge in [0.2, 0.25) is 5.96 Å². The standard InChI is InChI=1S/C19H18BrN5O/c1-12(2)9-14-13(10-21)7-8-17(18(14)26)25-19(23-11-22)24-16-6-4-3-5-15(16)20/h3-8,12,26H,9H2,1-2H3,(H2,23,24,25). The second kappa shape index (κ2) is 8.89. The molecule has 0 aromatic heterocycles. The fourth-order valence-corrected chi connectivity index (χ4v) is 2.76. The first kappa shape index (κ1) is 19.3. The van der Waals surface area contributed by atoms with E-state index in [0.717, 1.165) is 4.47 Å². The number of aliphatic imine (C=N–C) groups is 1. The van der Waals surface area contributed by atoms with Gasteiger partial charge in [-0.3, -0.25) is 5.32 Å². The number of hydrogen-bond acceptors (Lipinski definition) is 4. The number of rotatable bonds is 4. The van der Waals surface area contributed by atoms with E-state index in [9.17, 15) is 10.4 Å². The largest absolute Gasteiger partial charge is 0.505 e. The number of hydrogen-bond donors (Lipinski definition) is 3. The van der Waals surface area contributed by atoms with Crippen molar-refractivity contribution in [3.63, 3.8) is 0 Å². The van der Waals surface area contributed by atoms with Crippen molar-refractivity contribution in [1.82, 2.24) is 5.32 Å². The van der Waals surface area contributed by atoms with E-state index in [1.165, 1.54) is 0 Å². The molecule has 0 aliphatic carbocycles. The van der Waals surface area contributed by atoms with Crippen LogP contribution in [0.5, 0.6) is 5.75 Å². The van der Waals surface area contributed by atoms with Crippen LogP contribution in [0, 0.1) is 28.7 Å². The van der Waals surface area contributed by atoms with Crippen molar-refractivity contribution in [1.29, 1.82) is 10.5 Å². The highest BCUT2D eigenvalue weighted by Crippen LogP contribution is 2.32. The average molecular weight is 412 g/mol. The van der Waals surface area contributed by atoms with Crippen molar-refractivity contribution in [2.45, 2.75) is 20.3 Å². The van der Waals surface area contributed by atoms with Crippen molar-refractivity contribution >= 4 is 33.3 Å². The number of para-hydroxylation sites is 1. The molecule has 0 spiro atoms. The molecule has 0 aliphatic heterocycles. The zero-order chi connectivity index (χ0) is 19.1. The van der Waals surface area contributed by atoms with Crippen molar-refractivity contribution in [3.05, 3.63) is 52.0 Å². The van der Waals surface area contributed by atoms with Crippen LogP contribution in [-0.2, 0) is 6.42 Å². The highest BCUT2D eigenvalue weighted by molar-refractivity contribution is 9.10. The summed E-state index contributed by atoms with van der Waals surface area (Å²) in [7, 11) is 0. The predicted molar refractivity (Wildman–Crippen MR) is 105 cm³/mol. The quantitative estimate of drug-likeness (QED) is 0.227. The Morgan fingerprint density at radius 1 is 1.23 bits per heavy atom. The van der Waals surface area contributed by atoms with Crippen LogP contribution in [0.4, 0.5) is 11.4 Å². The minimum atomic E-state index is -0.0164. The van der Waals surface area contributed by atoms with E-state index in [-0.39, 0.29) is 17.6 Å². The Kier molecular flexibility index (Phi) is 6.60. The van der Waals surface area contributed by atoms with Gasteiger partial charge in [0.1, 0.15) is 5.75 Å². The number of nitrogens with zero attached hydrogens (tertiary/aromatic N) is 3. The summed E-state index contributed by atoms with van der Waals surface area (Å²) in [6.07, 6.45) is 2.39. The van der Waals surface area contributed by atoms with Gasteiger partial charge in [0, 0.05) is 10.0 Å². The number of nitriles is 2. The first-order chi connectivity index (χ1) is 12.5. The number of phenols is 1. The first-order valence-corrected chi connectivity index (χ1v) is 8.75. The molecule has 0 heterocycles. The van der Waals surface area contributed by atoms with Crippen LogP contribution in [0.15, 0.2) is 45.9 Å². The number of nitrogens with one attached hydrogen (secondary N) is 2. The summed E-state index contributed by atoms with van der Waals surface area (Å²) in [5, 5.41) is 34.3. The van der Waals surface area contributed by atoms with Gasteiger partial charge < -0.3 is 10.4 Å². The summed E-state index contributed by atoms with van der Waals surface area (Å²) in [6.45, 7) is 4.02. The van der Waals surface area contributed by atoms with E-state index < -0.39 is 0 Å². The molecule has 2 aromatic rings. The van der Waals surface area contributed by atoms with Crippen molar-refractivity contribution in [3.8, 4) is 18.0 Å². The minimum absolute atomic E-state index is 0.0164. The van der Waals surface area contributed by atoms with Gasteiger partial charge in [-0.1, -0.05) is 26.0 Å². The summed E-state index contributed by atoms with van der Waals surface area (Å²) < 4.78 is 0.767. The topological polar surface area (TPSA) is 104 Å². The van der Waals surface area contributed by atoms with E-state index in [1.54, 1.807) is 18.2 Å². The lowest BCUT2D eigenvalue weighted by Gasteiger charge is -2.15. The molecule has 0 atom stereocenters. The lowest BCUT2D eigenvalue weighted by atomic mass is 9.96. The fraction of sp³-hybridized carbons (Fsp3) is 0.211. The number of aromatic hydroxyl groups is 1. The fourth-order valence-electron chi connectivity index (χ4n) is 2.39. The third kappa shape index (κ3) is 4.75. The van der Waals surface area contributed by atoms with E-state index in [0.29, 0.717) is 28.9 Å². The van der Waals surface area contributed by atoms with Gasteiger partial charge in [0.15, 0.2) is 6.19 Å². The Labute approximate surface area is 160 Å². The Morgan fingerprint density at radius 2 is 1.96 bits per heavy atom. The Hall–Kier alpha value is -3.03. The molecule has 26 heavy (non-hydrogen) atoms. The highest BCUT2D eigenvalue weighted by Gasteiger charge is 2.15. The molecule has 0 amide bonds. The van der Waals surface area contributed by atoms with E-state index in [1.807, 2.05) is 38.2 Å². The van der Waals surface area contributed by atoms with Crippen molar-refractivity contribution in [2.75, 3.05) is 5.32 Å². The van der Waals surface area contributed by atoms with Crippen LogP contribution in [0.3, 0.4) is 0 Å². The van der Waals surface area contributed by atoms with Gasteiger partial charge in [-0.25, -0.2) is 4.99 Å². The number of halogens is 1. The van der Waals surface area contributed by atoms with Crippen molar-refractivity contribution in [2.24, 2.45) is 10.9 Å². The highest BCUT2D eigenvalue weighted by atomic mass is 79.9. The smallest absolute Gasteiger partial charge is 0.214 e. The normalized spacial score (nSPS) is 10.9. The minimum Gasteiger partial charge on any atom is -0.505 e. The lowest BCUT2D eigenvalue weighted by molar-refractivity contribution is 0.464. The monoisotopic (exact) mass is 411 g/mol. The van der Waals surface area contributed by atoms with Crippen LogP contribution in [0.1, 0.15) is 25.0 Å². The number of phenolic OH excluding ortho intramolecular Hbond substituents is 1. The molecule has 0 aliphatic rings. The Morgan fingerprint density at radius 3 is 2.58 bits per heavy atom. The molecule has 0 radical (unpaired) electrons. The molecule has 2 rings (SSSR count). The molecular weight excluding hydrogens is 394 g/mol. The van der Waals surface area contributed by atoms with Crippen LogP contribution < -0.4 is 10.6 Å². The maximum atomic E-state index is 10.6. The van der Waals surface area contributed by atoms with E-state index in [2.05, 4.69) is 37.6 Å². The summed E-state index contributed by atoms with van der Waals surface area (Å²) in [5.41, 5.74) is 1.99. The zero-order valence-corrected chi connectivity index (χ0v) is 16.0. The van der Waals surface area contributed by atoms with Gasteiger partial charge in [-0.05, 0) is 52.5 Å². The maximum absolute atomic E-state index is 10.6. The van der Waals surface area contributed by atoms with Crippen LogP contribution >= 0.6 is 15.9 Å². The van der Waals surface area contributed by atoms with Gasteiger partial charge >= 0.3 is 0 Å². The number of anilines is 1. The van der Waals surface area contributed by atoms with Gasteiger partial charge in [-0.2, -0.15) is 10.5 Å². The van der Waals surface area contributed by atoms with E-state index >= 15 is 0 Å². The average Bonchev–Trinajstić information content (AvgIpc) is 2.60. The summed E-state index contributed by atoms with van der Waals surface area (Å²) in [5.74, 6) is 0.418. The van der Waals surface area contributed by atoms with Crippen LogP contribution in [0.2, 0.25) is 0 Å². The SMILES string of the molecule is CC(C)Cc1c(C#N)ccc(NC(=Nc2ccccc2Br)NC#N)c1O. The predicted octanol–water partition coefficient (Wildman–Crippen LogP) is 4.40. The maximum Gasteiger partial charge on any atom is 0.214 e. The molecule has 7 heteroatoms. The van der Waals surface area contributed by atoms with Gasteiger partial charge in [0.05, 0.1) is 23.0 Å². The number of guanidine groups is 1. The molecule has 0 saturated carbocycles. The molecule has 0 fully saturated rings. The second-order valence-corrected chi connectivity index (χ2v) is 6.83. The lowest BCUT2D eigenvalue weighted by Crippen LogP contribution is -2.26. The van der Waals surface area contributed by atoms with Gasteiger partial charge in [-0.15, -0.1) is 0 Å². The molecule has 0 bridgehead atoms. The third-order valence-electron chi connectivity index (χ3n) is 3.53. The van der Waals surface area contributed by atoms with E-state index in [4.69, 9.17) is 5.26 Å². The van der Waals surface area contributed by atoms with Crippen LogP contribution in [0.25, 0.3) is 0 Å². The van der Waals surface area contributed by atoms with Crippen LogP contribution in [-0.4, -0.2) is 11.1 Å². The Bertz CT molecular complexity index is 909. The molecule has 2 aromatic carbocycles. The summed E-state index contributed by atoms with van der Waals surface area (Å²) in [4.78, 5) is 4.37. The van der Waals surface area contributed by atoms with Crippen molar-refractivity contribution < 1.29 is 5.11 Å². The molecule has 6 nitrogen and oxygen atoms in total. The molecular formula is C19H18BrN5O.